The van der Waals surface area contributed by atoms with Gasteiger partial charge >= 0.3 is 5.97 Å². The minimum Gasteiger partial charge on any atom is -0.481 e. The second-order valence-electron chi connectivity index (χ2n) is 4.10. The molecule has 0 aliphatic heterocycles. The van der Waals surface area contributed by atoms with E-state index in [1.165, 1.54) is 6.92 Å². The Hall–Kier alpha value is -1.10. The smallest absolute Gasteiger partial charge is 0.307 e. The predicted octanol–water partition coefficient (Wildman–Crippen LogP) is 0.620. The summed E-state index contributed by atoms with van der Waals surface area (Å²) in [6.45, 7) is 5.19. The van der Waals surface area contributed by atoms with Crippen molar-refractivity contribution in [3.63, 3.8) is 0 Å². The van der Waals surface area contributed by atoms with E-state index in [9.17, 15) is 14.7 Å². The summed E-state index contributed by atoms with van der Waals surface area (Å²) < 4.78 is 0. The molecule has 0 aliphatic carbocycles. The summed E-state index contributed by atoms with van der Waals surface area (Å²) in [5.74, 6) is -2.63. The van der Waals surface area contributed by atoms with Gasteiger partial charge in [-0.3, -0.25) is 9.59 Å². The fourth-order valence-corrected chi connectivity index (χ4v) is 1.26. The Morgan fingerprint density at radius 2 is 1.81 bits per heavy atom. The van der Waals surface area contributed by atoms with Crippen LogP contribution in [0.1, 0.15) is 33.6 Å². The molecule has 0 aromatic heterocycles. The summed E-state index contributed by atoms with van der Waals surface area (Å²) in [7, 11) is 0. The largest absolute Gasteiger partial charge is 0.481 e. The van der Waals surface area contributed by atoms with Crippen molar-refractivity contribution in [1.29, 1.82) is 0 Å². The number of aliphatic hydroxyl groups is 1. The van der Waals surface area contributed by atoms with Crippen LogP contribution in [0.3, 0.4) is 0 Å². The Morgan fingerprint density at radius 1 is 1.25 bits per heavy atom. The molecule has 0 saturated heterocycles. The second kappa shape index (κ2) is 7.22. The van der Waals surface area contributed by atoms with Gasteiger partial charge in [-0.2, -0.15) is 0 Å². The van der Waals surface area contributed by atoms with Gasteiger partial charge in [0.1, 0.15) is 0 Å². The first-order valence-electron chi connectivity index (χ1n) is 5.58. The Bertz CT molecular complexity index is 242. The topological polar surface area (TPSA) is 86.6 Å². The number of hydrogen-bond donors (Lipinski definition) is 3. The van der Waals surface area contributed by atoms with Gasteiger partial charge in [-0.1, -0.05) is 27.2 Å². The number of aliphatic hydroxyl groups excluding tert-OH is 1. The highest BCUT2D eigenvalue weighted by atomic mass is 16.4. The van der Waals surface area contributed by atoms with Gasteiger partial charge in [0.15, 0.2) is 0 Å². The third-order valence-corrected chi connectivity index (χ3v) is 2.69. The average Bonchev–Trinajstić information content (AvgIpc) is 2.24. The van der Waals surface area contributed by atoms with Gasteiger partial charge in [-0.15, -0.1) is 0 Å². The normalized spacial score (nSPS) is 16.2. The molecule has 0 saturated carbocycles. The molecule has 5 heteroatoms. The quantitative estimate of drug-likeness (QED) is 0.599. The Morgan fingerprint density at radius 3 is 2.25 bits per heavy atom. The third kappa shape index (κ3) is 5.11. The predicted molar refractivity (Wildman–Crippen MR) is 59.9 cm³/mol. The molecule has 0 aliphatic rings. The van der Waals surface area contributed by atoms with Gasteiger partial charge in [0, 0.05) is 12.5 Å². The van der Waals surface area contributed by atoms with E-state index in [0.29, 0.717) is 6.42 Å². The number of amides is 1. The van der Waals surface area contributed by atoms with Crippen LogP contribution in [0.4, 0.5) is 0 Å². The minimum atomic E-state index is -0.989. The van der Waals surface area contributed by atoms with Crippen molar-refractivity contribution in [2.75, 3.05) is 6.54 Å². The van der Waals surface area contributed by atoms with E-state index in [1.807, 2.05) is 6.92 Å². The molecule has 3 N–H and O–H groups in total. The number of carbonyl (C=O) groups excluding carboxylic acids is 1. The standard InChI is InChI=1S/C11H21NO4/c1-4-5-9(13)6-12-10(14)7(2)8(3)11(15)16/h7-9,13H,4-6H2,1-3H3,(H,12,14)(H,15,16). The zero-order valence-corrected chi connectivity index (χ0v) is 10.1. The highest BCUT2D eigenvalue weighted by Crippen LogP contribution is 2.11. The van der Waals surface area contributed by atoms with Gasteiger partial charge in [0.05, 0.1) is 12.0 Å². The average molecular weight is 231 g/mol. The molecule has 16 heavy (non-hydrogen) atoms. The Balaban J connectivity index is 4.01. The van der Waals surface area contributed by atoms with Gasteiger partial charge in [0.25, 0.3) is 0 Å². The van der Waals surface area contributed by atoms with Crippen LogP contribution in [0.15, 0.2) is 0 Å². The molecule has 5 nitrogen and oxygen atoms in total. The number of nitrogens with one attached hydrogen (secondary N) is 1. The fourth-order valence-electron chi connectivity index (χ4n) is 1.26. The number of carbonyl (C=O) groups is 2. The van der Waals surface area contributed by atoms with Crippen LogP contribution in [0.2, 0.25) is 0 Å². The molecule has 0 rings (SSSR count). The molecule has 3 atom stereocenters. The summed E-state index contributed by atoms with van der Waals surface area (Å²) >= 11 is 0. The summed E-state index contributed by atoms with van der Waals surface area (Å²) in [6.07, 6.45) is 0.919. The molecular weight excluding hydrogens is 210 g/mol. The molecule has 94 valence electrons. The van der Waals surface area contributed by atoms with Gasteiger partial charge in [-0.25, -0.2) is 0 Å². The maximum absolute atomic E-state index is 11.5. The van der Waals surface area contributed by atoms with E-state index < -0.39 is 23.9 Å². The minimum absolute atomic E-state index is 0.184. The van der Waals surface area contributed by atoms with Gasteiger partial charge in [-0.05, 0) is 6.42 Å². The number of aliphatic carboxylic acids is 1. The lowest BCUT2D eigenvalue weighted by Crippen LogP contribution is -2.39. The van der Waals surface area contributed by atoms with E-state index >= 15 is 0 Å². The number of carboxylic acids is 1. The number of carboxylic acid groups (broad SMARTS) is 1. The summed E-state index contributed by atoms with van der Waals surface area (Å²) in [5.41, 5.74) is 0. The molecule has 1 amide bonds. The first-order valence-corrected chi connectivity index (χ1v) is 5.58. The lowest BCUT2D eigenvalue weighted by atomic mass is 9.95. The summed E-state index contributed by atoms with van der Waals surface area (Å²) in [4.78, 5) is 22.2. The molecule has 0 bridgehead atoms. The van der Waals surface area contributed by atoms with Crippen LogP contribution in [-0.2, 0) is 9.59 Å². The fraction of sp³-hybridized carbons (Fsp3) is 0.818. The highest BCUT2D eigenvalue weighted by Gasteiger charge is 2.25. The molecule has 3 unspecified atom stereocenters. The SMILES string of the molecule is CCCC(O)CNC(=O)C(C)C(C)C(=O)O. The van der Waals surface area contributed by atoms with E-state index in [-0.39, 0.29) is 12.5 Å². The van der Waals surface area contributed by atoms with Gasteiger partial charge in [0.2, 0.25) is 5.91 Å². The van der Waals surface area contributed by atoms with Crippen LogP contribution >= 0.6 is 0 Å². The van der Waals surface area contributed by atoms with Crippen molar-refractivity contribution in [3.05, 3.63) is 0 Å². The molecule has 0 heterocycles. The second-order valence-corrected chi connectivity index (χ2v) is 4.10. The zero-order chi connectivity index (χ0) is 12.7. The summed E-state index contributed by atoms with van der Waals surface area (Å²) in [6, 6.07) is 0. The molecule has 0 radical (unpaired) electrons. The Kier molecular flexibility index (Phi) is 6.72. The monoisotopic (exact) mass is 231 g/mol. The van der Waals surface area contributed by atoms with Crippen molar-refractivity contribution >= 4 is 11.9 Å². The number of rotatable bonds is 7. The first-order chi connectivity index (χ1) is 7.40. The molecular formula is C11H21NO4. The van der Waals surface area contributed by atoms with Crippen LogP contribution in [0, 0.1) is 11.8 Å². The lowest BCUT2D eigenvalue weighted by Gasteiger charge is -2.17. The van der Waals surface area contributed by atoms with Crippen molar-refractivity contribution in [3.8, 4) is 0 Å². The zero-order valence-electron chi connectivity index (χ0n) is 10.1. The maximum atomic E-state index is 11.5. The lowest BCUT2D eigenvalue weighted by molar-refractivity contribution is -0.146. The van der Waals surface area contributed by atoms with Crippen molar-refractivity contribution in [2.24, 2.45) is 11.8 Å². The van der Waals surface area contributed by atoms with Crippen LogP contribution in [0.25, 0.3) is 0 Å². The van der Waals surface area contributed by atoms with Crippen LogP contribution in [-0.4, -0.2) is 34.7 Å². The molecule has 0 aromatic rings. The van der Waals surface area contributed by atoms with Crippen molar-refractivity contribution < 1.29 is 19.8 Å². The van der Waals surface area contributed by atoms with Crippen LogP contribution in [0.5, 0.6) is 0 Å². The van der Waals surface area contributed by atoms with E-state index in [4.69, 9.17) is 5.11 Å². The third-order valence-electron chi connectivity index (χ3n) is 2.69. The van der Waals surface area contributed by atoms with E-state index in [1.54, 1.807) is 6.92 Å². The van der Waals surface area contributed by atoms with E-state index in [2.05, 4.69) is 5.32 Å². The van der Waals surface area contributed by atoms with E-state index in [0.717, 1.165) is 6.42 Å². The molecule has 0 spiro atoms. The van der Waals surface area contributed by atoms with Gasteiger partial charge < -0.3 is 15.5 Å². The first kappa shape index (κ1) is 14.9. The Labute approximate surface area is 95.9 Å². The van der Waals surface area contributed by atoms with Crippen LogP contribution < -0.4 is 5.32 Å². The van der Waals surface area contributed by atoms with Crippen molar-refractivity contribution in [2.45, 2.75) is 39.7 Å². The maximum Gasteiger partial charge on any atom is 0.307 e. The highest BCUT2D eigenvalue weighted by molar-refractivity contribution is 5.84. The van der Waals surface area contributed by atoms with Crippen molar-refractivity contribution in [1.82, 2.24) is 5.32 Å². The summed E-state index contributed by atoms with van der Waals surface area (Å²) in [5, 5.41) is 20.7. The molecule has 0 aromatic carbocycles. The molecule has 0 fully saturated rings. The number of hydrogen-bond acceptors (Lipinski definition) is 3.